The molecule has 1 amide bonds. The van der Waals surface area contributed by atoms with Crippen LogP contribution in [0, 0.1) is 0 Å². The summed E-state index contributed by atoms with van der Waals surface area (Å²) in [5.74, 6) is 0.0966. The van der Waals surface area contributed by atoms with E-state index in [4.69, 9.17) is 15.6 Å². The minimum Gasteiger partial charge on any atom is -0.444 e. The molecule has 0 fully saturated rings. The van der Waals surface area contributed by atoms with E-state index in [0.717, 1.165) is 0 Å². The number of hydrogen-bond donors (Lipinski definition) is 3. The van der Waals surface area contributed by atoms with Gasteiger partial charge in [-0.1, -0.05) is 5.16 Å². The molecule has 0 heterocycles. The molecule has 4 N–H and O–H groups in total. The van der Waals surface area contributed by atoms with Gasteiger partial charge >= 0.3 is 6.09 Å². The van der Waals surface area contributed by atoms with Crippen LogP contribution >= 0.6 is 0 Å². The number of nitrogens with zero attached hydrogens (tertiary/aromatic N) is 1. The zero-order valence-electron chi connectivity index (χ0n) is 9.82. The highest BCUT2D eigenvalue weighted by atomic mass is 16.6. The number of rotatable bonds is 5. The van der Waals surface area contributed by atoms with Crippen LogP contribution in [0.1, 0.15) is 20.8 Å². The Hall–Kier alpha value is -1.50. The summed E-state index contributed by atoms with van der Waals surface area (Å²) in [6.45, 7) is 5.22. The van der Waals surface area contributed by atoms with E-state index in [1.165, 1.54) is 0 Å². The fraction of sp³-hybridized carbons (Fsp3) is 0.778. The second-order valence-electron chi connectivity index (χ2n) is 3.99. The average Bonchev–Trinajstić information content (AvgIpc) is 2.12. The maximum Gasteiger partial charge on any atom is 0.408 e. The maximum absolute atomic E-state index is 11.2. The highest BCUT2D eigenvalue weighted by Crippen LogP contribution is 2.05. The number of oxime groups is 1. The molecule has 0 saturated carbocycles. The fourth-order valence-electron chi connectivity index (χ4n) is 0.679. The van der Waals surface area contributed by atoms with Crippen molar-refractivity contribution in [1.82, 2.24) is 5.32 Å². The third-order valence-electron chi connectivity index (χ3n) is 1.18. The summed E-state index contributed by atoms with van der Waals surface area (Å²) in [6.07, 6.45) is -0.576. The Balaban J connectivity index is 3.79. The lowest BCUT2D eigenvalue weighted by Gasteiger charge is -2.19. The first-order chi connectivity index (χ1) is 7.35. The van der Waals surface area contributed by atoms with E-state index in [0.29, 0.717) is 0 Å². The van der Waals surface area contributed by atoms with Gasteiger partial charge in [0.05, 0.1) is 13.2 Å². The summed E-state index contributed by atoms with van der Waals surface area (Å²) in [5, 5.41) is 14.3. The second-order valence-corrected chi connectivity index (χ2v) is 3.99. The number of hydrogen-bond acceptors (Lipinski definition) is 5. The van der Waals surface area contributed by atoms with Gasteiger partial charge in [0, 0.05) is 0 Å². The number of nitrogens with two attached hydrogens (primary N) is 1. The van der Waals surface area contributed by atoms with Crippen molar-refractivity contribution in [3.63, 3.8) is 0 Å². The van der Waals surface area contributed by atoms with Crippen molar-refractivity contribution in [2.75, 3.05) is 19.8 Å². The number of amides is 1. The maximum atomic E-state index is 11.2. The molecule has 7 nitrogen and oxygen atoms in total. The van der Waals surface area contributed by atoms with Crippen LogP contribution in [0.3, 0.4) is 0 Å². The Morgan fingerprint density at radius 3 is 2.62 bits per heavy atom. The smallest absolute Gasteiger partial charge is 0.408 e. The first-order valence-electron chi connectivity index (χ1n) is 4.87. The van der Waals surface area contributed by atoms with Crippen LogP contribution in [0.5, 0.6) is 0 Å². The molecule has 0 radical (unpaired) electrons. The van der Waals surface area contributed by atoms with Crippen molar-refractivity contribution in [1.29, 1.82) is 0 Å². The van der Waals surface area contributed by atoms with Crippen LogP contribution in [0.2, 0.25) is 0 Å². The number of alkyl carbamates (subject to hydrolysis) is 1. The zero-order valence-corrected chi connectivity index (χ0v) is 9.82. The largest absolute Gasteiger partial charge is 0.444 e. The summed E-state index contributed by atoms with van der Waals surface area (Å²) in [4.78, 5) is 15.8. The number of aliphatic hydroxyl groups is 1. The van der Waals surface area contributed by atoms with Gasteiger partial charge in [-0.15, -0.1) is 0 Å². The second kappa shape index (κ2) is 6.89. The van der Waals surface area contributed by atoms with Crippen LogP contribution in [0.25, 0.3) is 0 Å². The van der Waals surface area contributed by atoms with Gasteiger partial charge in [0.2, 0.25) is 0 Å². The van der Waals surface area contributed by atoms with E-state index < -0.39 is 11.7 Å². The molecule has 16 heavy (non-hydrogen) atoms. The Morgan fingerprint density at radius 2 is 2.12 bits per heavy atom. The molecule has 0 aliphatic rings. The van der Waals surface area contributed by atoms with Gasteiger partial charge in [0.1, 0.15) is 12.2 Å². The summed E-state index contributed by atoms with van der Waals surface area (Å²) in [6, 6.07) is 0. The number of amidine groups is 1. The number of aliphatic hydroxyl groups excluding tert-OH is 1. The lowest BCUT2D eigenvalue weighted by Crippen LogP contribution is -2.37. The summed E-state index contributed by atoms with van der Waals surface area (Å²) in [7, 11) is 0. The molecule has 0 saturated heterocycles. The van der Waals surface area contributed by atoms with E-state index in [1.54, 1.807) is 20.8 Å². The molecule has 0 aromatic rings. The standard InChI is InChI=1S/C9H19N3O4/c1-9(2,3)16-8(14)11-6-7(10)12-15-5-4-13/h13H,4-6H2,1-3H3,(H2,10,12)(H,11,14). The fourth-order valence-corrected chi connectivity index (χ4v) is 0.679. The molecule has 94 valence electrons. The number of nitrogens with one attached hydrogen (secondary N) is 1. The van der Waals surface area contributed by atoms with Crippen molar-refractivity contribution >= 4 is 11.9 Å². The average molecular weight is 233 g/mol. The van der Waals surface area contributed by atoms with E-state index in [1.807, 2.05) is 0 Å². The van der Waals surface area contributed by atoms with Gasteiger partial charge in [-0.25, -0.2) is 4.79 Å². The van der Waals surface area contributed by atoms with Crippen LogP contribution in [-0.2, 0) is 9.57 Å². The molecule has 0 aromatic heterocycles. The van der Waals surface area contributed by atoms with Crippen molar-refractivity contribution in [2.24, 2.45) is 10.9 Å². The molecule has 0 aliphatic heterocycles. The van der Waals surface area contributed by atoms with E-state index in [9.17, 15) is 4.79 Å². The quantitative estimate of drug-likeness (QED) is 0.264. The Bertz CT molecular complexity index is 248. The van der Waals surface area contributed by atoms with E-state index in [2.05, 4.69) is 15.3 Å². The van der Waals surface area contributed by atoms with Gasteiger partial charge < -0.3 is 25.7 Å². The molecule has 0 bridgehead atoms. The number of carbonyl (C=O) groups is 1. The summed E-state index contributed by atoms with van der Waals surface area (Å²) in [5.41, 5.74) is 4.85. The Labute approximate surface area is 94.6 Å². The van der Waals surface area contributed by atoms with Crippen LogP contribution in [0.15, 0.2) is 5.16 Å². The highest BCUT2D eigenvalue weighted by Gasteiger charge is 2.15. The van der Waals surface area contributed by atoms with Crippen molar-refractivity contribution in [3.05, 3.63) is 0 Å². The monoisotopic (exact) mass is 233 g/mol. The molecule has 0 atom stereocenters. The van der Waals surface area contributed by atoms with Gasteiger partial charge in [0.15, 0.2) is 5.84 Å². The predicted molar refractivity (Wildman–Crippen MR) is 58.9 cm³/mol. The first kappa shape index (κ1) is 14.5. The third-order valence-corrected chi connectivity index (χ3v) is 1.18. The molecular weight excluding hydrogens is 214 g/mol. The zero-order chi connectivity index (χ0) is 12.6. The van der Waals surface area contributed by atoms with E-state index in [-0.39, 0.29) is 25.6 Å². The number of ether oxygens (including phenoxy) is 1. The summed E-state index contributed by atoms with van der Waals surface area (Å²) >= 11 is 0. The van der Waals surface area contributed by atoms with Gasteiger partial charge in [-0.2, -0.15) is 0 Å². The summed E-state index contributed by atoms with van der Waals surface area (Å²) < 4.78 is 4.97. The number of carbonyl (C=O) groups excluding carboxylic acids is 1. The molecule has 0 aliphatic carbocycles. The normalized spacial score (nSPS) is 12.1. The molecule has 0 aromatic carbocycles. The Kier molecular flexibility index (Phi) is 6.24. The van der Waals surface area contributed by atoms with Gasteiger partial charge in [-0.05, 0) is 20.8 Å². The van der Waals surface area contributed by atoms with Crippen LogP contribution in [-0.4, -0.2) is 42.4 Å². The minimum absolute atomic E-state index is 0.0281. The minimum atomic E-state index is -0.576. The highest BCUT2D eigenvalue weighted by molar-refractivity contribution is 5.85. The SMILES string of the molecule is CC(C)(C)OC(=O)NC/C(N)=N/OCCO. The lowest BCUT2D eigenvalue weighted by molar-refractivity contribution is 0.0534. The van der Waals surface area contributed by atoms with E-state index >= 15 is 0 Å². The van der Waals surface area contributed by atoms with Crippen molar-refractivity contribution in [2.45, 2.75) is 26.4 Å². The van der Waals surface area contributed by atoms with Gasteiger partial charge in [-0.3, -0.25) is 0 Å². The molecule has 7 heteroatoms. The first-order valence-corrected chi connectivity index (χ1v) is 4.87. The van der Waals surface area contributed by atoms with Crippen LogP contribution < -0.4 is 11.1 Å². The molecule has 0 unspecified atom stereocenters. The van der Waals surface area contributed by atoms with Crippen molar-refractivity contribution in [3.8, 4) is 0 Å². The Morgan fingerprint density at radius 1 is 1.50 bits per heavy atom. The van der Waals surface area contributed by atoms with Crippen molar-refractivity contribution < 1.29 is 19.5 Å². The molecule has 0 spiro atoms. The topological polar surface area (TPSA) is 106 Å². The predicted octanol–water partition coefficient (Wildman–Crippen LogP) is -0.208. The lowest BCUT2D eigenvalue weighted by atomic mass is 10.2. The molecule has 0 rings (SSSR count). The molecular formula is C9H19N3O4. The third kappa shape index (κ3) is 9.07. The van der Waals surface area contributed by atoms with Crippen LogP contribution in [0.4, 0.5) is 4.79 Å². The van der Waals surface area contributed by atoms with Gasteiger partial charge in [0.25, 0.3) is 0 Å².